The maximum absolute atomic E-state index is 4.42. The molecule has 1 N–H and O–H groups in total. The van der Waals surface area contributed by atoms with Gasteiger partial charge in [-0.15, -0.1) is 0 Å². The highest BCUT2D eigenvalue weighted by Gasteiger charge is 2.15. The first-order valence-electron chi connectivity index (χ1n) is 6.62. The summed E-state index contributed by atoms with van der Waals surface area (Å²) in [7, 11) is 0. The van der Waals surface area contributed by atoms with E-state index in [0.717, 1.165) is 36.9 Å². The third kappa shape index (κ3) is 4.43. The molecule has 1 aromatic rings. The van der Waals surface area contributed by atoms with Crippen molar-refractivity contribution >= 4 is 15.9 Å². The number of nitrogens with one attached hydrogen (secondary N) is 1. The minimum Gasteiger partial charge on any atom is -0.317 e. The highest BCUT2D eigenvalue weighted by molar-refractivity contribution is 9.10. The molecule has 3 nitrogen and oxygen atoms in total. The molecule has 0 aliphatic carbocycles. The zero-order valence-corrected chi connectivity index (χ0v) is 12.8. The monoisotopic (exact) mass is 301 g/mol. The number of hydrogen-bond acceptors (Lipinski definition) is 2. The number of aromatic nitrogens is 2. The number of nitrogens with zero attached hydrogens (tertiary/aromatic N) is 2. The van der Waals surface area contributed by atoms with Gasteiger partial charge in [-0.3, -0.25) is 4.68 Å². The van der Waals surface area contributed by atoms with Crippen LogP contribution in [0.4, 0.5) is 0 Å². The van der Waals surface area contributed by atoms with Gasteiger partial charge in [-0.2, -0.15) is 5.10 Å². The lowest BCUT2D eigenvalue weighted by Crippen LogP contribution is -2.18. The molecule has 98 valence electrons. The number of rotatable bonds is 8. The van der Waals surface area contributed by atoms with Crippen molar-refractivity contribution in [2.24, 2.45) is 0 Å². The summed E-state index contributed by atoms with van der Waals surface area (Å²) < 4.78 is 3.28. The summed E-state index contributed by atoms with van der Waals surface area (Å²) in [6, 6.07) is 0. The van der Waals surface area contributed by atoms with Crippen LogP contribution in [0.25, 0.3) is 0 Å². The number of aryl methyl sites for hydroxylation is 1. The summed E-state index contributed by atoms with van der Waals surface area (Å²) in [6.45, 7) is 9.87. The fraction of sp³-hybridized carbons (Fsp3) is 0.769. The van der Waals surface area contributed by atoms with Gasteiger partial charge in [-0.25, -0.2) is 0 Å². The van der Waals surface area contributed by atoms with Crippen molar-refractivity contribution in [1.29, 1.82) is 0 Å². The third-order valence-electron chi connectivity index (χ3n) is 2.92. The summed E-state index contributed by atoms with van der Waals surface area (Å²) >= 11 is 3.61. The predicted molar refractivity (Wildman–Crippen MR) is 76.4 cm³/mol. The Kier molecular flexibility index (Phi) is 6.82. The molecule has 0 spiro atoms. The van der Waals surface area contributed by atoms with Crippen LogP contribution in [0.1, 0.15) is 51.6 Å². The van der Waals surface area contributed by atoms with Gasteiger partial charge in [0.05, 0.1) is 16.4 Å². The molecule has 4 heteroatoms. The molecule has 0 saturated heterocycles. The molecule has 1 atom stereocenters. The van der Waals surface area contributed by atoms with Crippen LogP contribution in [0.3, 0.4) is 0 Å². The molecule has 1 rings (SSSR count). The van der Waals surface area contributed by atoms with Crippen LogP contribution < -0.4 is 5.32 Å². The van der Waals surface area contributed by atoms with Crippen LogP contribution >= 0.6 is 15.9 Å². The molecular weight excluding hydrogens is 278 g/mol. The molecule has 1 heterocycles. The topological polar surface area (TPSA) is 29.9 Å². The molecule has 0 radical (unpaired) electrons. The van der Waals surface area contributed by atoms with Gasteiger partial charge in [0, 0.05) is 12.5 Å². The molecule has 0 saturated carbocycles. The van der Waals surface area contributed by atoms with Gasteiger partial charge in [0.15, 0.2) is 0 Å². The van der Waals surface area contributed by atoms with Crippen LogP contribution in [-0.2, 0) is 6.54 Å². The molecular formula is C13H24BrN3. The highest BCUT2D eigenvalue weighted by Crippen LogP contribution is 2.26. The minimum absolute atomic E-state index is 0.544. The summed E-state index contributed by atoms with van der Waals surface area (Å²) in [5.41, 5.74) is 1.34. The standard InChI is InChI=1S/C13H24BrN3/c1-4-7-15-8-6-11(3)13-12(14)10-16-17(13)9-5-2/h10-11,15H,4-9H2,1-3H3. The van der Waals surface area contributed by atoms with E-state index < -0.39 is 0 Å². The van der Waals surface area contributed by atoms with Crippen molar-refractivity contribution in [2.45, 2.75) is 52.5 Å². The van der Waals surface area contributed by atoms with Crippen molar-refractivity contribution in [3.8, 4) is 0 Å². The van der Waals surface area contributed by atoms with E-state index in [9.17, 15) is 0 Å². The predicted octanol–water partition coefficient (Wildman–Crippen LogP) is 3.55. The van der Waals surface area contributed by atoms with Gasteiger partial charge in [0.25, 0.3) is 0 Å². The zero-order chi connectivity index (χ0) is 12.7. The van der Waals surface area contributed by atoms with E-state index >= 15 is 0 Å². The third-order valence-corrected chi connectivity index (χ3v) is 3.53. The SMILES string of the molecule is CCCNCCC(C)c1c(Br)cnn1CCC. The first kappa shape index (κ1) is 14.7. The Hall–Kier alpha value is -0.350. The largest absolute Gasteiger partial charge is 0.317 e. The fourth-order valence-electron chi connectivity index (χ4n) is 2.01. The summed E-state index contributed by atoms with van der Waals surface area (Å²) in [5.74, 6) is 0.544. The maximum Gasteiger partial charge on any atom is 0.0635 e. The Bertz CT molecular complexity index is 322. The highest BCUT2D eigenvalue weighted by atomic mass is 79.9. The van der Waals surface area contributed by atoms with Gasteiger partial charge >= 0.3 is 0 Å². The Morgan fingerprint density at radius 2 is 2.12 bits per heavy atom. The molecule has 0 aliphatic rings. The van der Waals surface area contributed by atoms with E-state index in [1.54, 1.807) is 0 Å². The zero-order valence-electron chi connectivity index (χ0n) is 11.2. The first-order valence-corrected chi connectivity index (χ1v) is 7.41. The molecule has 0 fully saturated rings. The Morgan fingerprint density at radius 3 is 2.76 bits per heavy atom. The van der Waals surface area contributed by atoms with Crippen LogP contribution in [0.5, 0.6) is 0 Å². The fourth-order valence-corrected chi connectivity index (χ4v) is 2.70. The summed E-state index contributed by atoms with van der Waals surface area (Å²) in [6.07, 6.45) is 5.41. The Morgan fingerprint density at radius 1 is 1.35 bits per heavy atom. The second kappa shape index (κ2) is 7.88. The van der Waals surface area contributed by atoms with E-state index in [2.05, 4.69) is 51.8 Å². The van der Waals surface area contributed by atoms with Crippen molar-refractivity contribution in [1.82, 2.24) is 15.1 Å². The second-order valence-corrected chi connectivity index (χ2v) is 5.39. The van der Waals surface area contributed by atoms with Gasteiger partial charge in [0.2, 0.25) is 0 Å². The van der Waals surface area contributed by atoms with Crippen molar-refractivity contribution in [3.63, 3.8) is 0 Å². The van der Waals surface area contributed by atoms with Crippen LogP contribution in [0.15, 0.2) is 10.7 Å². The maximum atomic E-state index is 4.42. The molecule has 1 unspecified atom stereocenters. The normalized spacial score (nSPS) is 12.9. The van der Waals surface area contributed by atoms with Crippen molar-refractivity contribution in [3.05, 3.63) is 16.4 Å². The average Bonchev–Trinajstić information content (AvgIpc) is 2.66. The van der Waals surface area contributed by atoms with Gasteiger partial charge in [-0.1, -0.05) is 20.8 Å². The summed E-state index contributed by atoms with van der Waals surface area (Å²) in [4.78, 5) is 0. The van der Waals surface area contributed by atoms with Gasteiger partial charge in [0.1, 0.15) is 0 Å². The minimum atomic E-state index is 0.544. The molecule has 0 amide bonds. The van der Waals surface area contributed by atoms with Crippen molar-refractivity contribution < 1.29 is 0 Å². The Balaban J connectivity index is 2.54. The molecule has 17 heavy (non-hydrogen) atoms. The van der Waals surface area contributed by atoms with Crippen molar-refractivity contribution in [2.75, 3.05) is 13.1 Å². The molecule has 0 aliphatic heterocycles. The van der Waals surface area contributed by atoms with E-state index in [1.807, 2.05) is 6.20 Å². The lowest BCUT2D eigenvalue weighted by atomic mass is 10.0. The van der Waals surface area contributed by atoms with Gasteiger partial charge < -0.3 is 5.32 Å². The lowest BCUT2D eigenvalue weighted by molar-refractivity contribution is 0.517. The summed E-state index contributed by atoms with van der Waals surface area (Å²) in [5, 5.41) is 7.87. The number of hydrogen-bond donors (Lipinski definition) is 1. The Labute approximate surface area is 113 Å². The van der Waals surface area contributed by atoms with E-state index in [-0.39, 0.29) is 0 Å². The molecule has 0 aromatic carbocycles. The van der Waals surface area contributed by atoms with E-state index in [1.165, 1.54) is 12.1 Å². The van der Waals surface area contributed by atoms with Crippen LogP contribution in [-0.4, -0.2) is 22.9 Å². The lowest BCUT2D eigenvalue weighted by Gasteiger charge is -2.15. The average molecular weight is 302 g/mol. The first-order chi connectivity index (χ1) is 8.20. The number of halogens is 1. The van der Waals surface area contributed by atoms with Crippen LogP contribution in [0.2, 0.25) is 0 Å². The van der Waals surface area contributed by atoms with E-state index in [0.29, 0.717) is 5.92 Å². The van der Waals surface area contributed by atoms with Crippen LogP contribution in [0, 0.1) is 0 Å². The quantitative estimate of drug-likeness (QED) is 0.744. The molecule has 0 bridgehead atoms. The second-order valence-electron chi connectivity index (χ2n) is 4.54. The smallest absolute Gasteiger partial charge is 0.0635 e. The van der Waals surface area contributed by atoms with E-state index in [4.69, 9.17) is 0 Å². The van der Waals surface area contributed by atoms with Gasteiger partial charge in [-0.05, 0) is 48.3 Å². The molecule has 1 aromatic heterocycles.